The first kappa shape index (κ1) is 20.6. The number of nitrogens with one attached hydrogen (secondary N) is 3. The van der Waals surface area contributed by atoms with Crippen molar-refractivity contribution in [2.75, 3.05) is 37.6 Å². The molecule has 3 N–H and O–H groups in total. The van der Waals surface area contributed by atoms with E-state index < -0.39 is 11.9 Å². The second-order valence-corrected chi connectivity index (χ2v) is 7.12. The minimum atomic E-state index is -0.681. The molecule has 0 unspecified atom stereocenters. The molecular weight excluding hydrogens is 444 g/mol. The highest BCUT2D eigenvalue weighted by atomic mass is 79.9. The van der Waals surface area contributed by atoms with Crippen LogP contribution in [0.15, 0.2) is 46.9 Å². The minimum absolute atomic E-state index is 0.0153. The lowest BCUT2D eigenvalue weighted by Gasteiger charge is -2.16. The van der Waals surface area contributed by atoms with Gasteiger partial charge in [-0.05, 0) is 47.2 Å². The van der Waals surface area contributed by atoms with Gasteiger partial charge in [-0.1, -0.05) is 12.1 Å². The maximum atomic E-state index is 12.1. The van der Waals surface area contributed by atoms with E-state index >= 15 is 0 Å². The fourth-order valence-corrected chi connectivity index (χ4v) is 2.99. The highest BCUT2D eigenvalue weighted by molar-refractivity contribution is 9.10. The highest BCUT2D eigenvalue weighted by Crippen LogP contribution is 2.34. The molecule has 0 aromatic heterocycles. The third kappa shape index (κ3) is 5.93. The molecule has 0 saturated carbocycles. The number of likely N-dealkylation sites (N-methyl/N-ethyl adjacent to an activating group) is 1. The molecule has 10 heteroatoms. The Balaban J connectivity index is 1.43. The van der Waals surface area contributed by atoms with Crippen LogP contribution in [0.5, 0.6) is 11.5 Å². The fourth-order valence-electron chi connectivity index (χ4n) is 2.60. The molecule has 152 valence electrons. The van der Waals surface area contributed by atoms with Crippen molar-refractivity contribution in [2.24, 2.45) is 0 Å². The number of ether oxygens (including phenoxy) is 2. The Bertz CT molecular complexity index is 937. The predicted molar refractivity (Wildman–Crippen MR) is 110 cm³/mol. The van der Waals surface area contributed by atoms with E-state index in [1.165, 1.54) is 4.90 Å². The summed E-state index contributed by atoms with van der Waals surface area (Å²) in [6, 6.07) is 11.4. The Hall–Kier alpha value is -3.11. The Morgan fingerprint density at radius 1 is 1.00 bits per heavy atom. The van der Waals surface area contributed by atoms with Gasteiger partial charge in [0.15, 0.2) is 11.5 Å². The average molecular weight is 463 g/mol. The van der Waals surface area contributed by atoms with Crippen molar-refractivity contribution in [3.8, 4) is 11.5 Å². The van der Waals surface area contributed by atoms with Gasteiger partial charge in [0.1, 0.15) is 0 Å². The molecule has 4 amide bonds. The van der Waals surface area contributed by atoms with Crippen molar-refractivity contribution >= 4 is 45.2 Å². The molecule has 0 spiro atoms. The van der Waals surface area contributed by atoms with Gasteiger partial charge < -0.3 is 20.1 Å². The number of carbonyl (C=O) groups is 3. The molecule has 29 heavy (non-hydrogen) atoms. The van der Waals surface area contributed by atoms with E-state index in [4.69, 9.17) is 9.47 Å². The molecule has 0 saturated heterocycles. The number of hydrogen-bond donors (Lipinski definition) is 3. The summed E-state index contributed by atoms with van der Waals surface area (Å²) in [4.78, 5) is 37.6. The number of hydrogen-bond acceptors (Lipinski definition) is 6. The maximum Gasteiger partial charge on any atom is 0.325 e. The third-order valence-electron chi connectivity index (χ3n) is 3.86. The topological polar surface area (TPSA) is 109 Å². The van der Waals surface area contributed by atoms with Crippen molar-refractivity contribution in [1.82, 2.24) is 10.2 Å². The molecule has 0 radical (unpaired) electrons. The molecule has 1 aliphatic rings. The van der Waals surface area contributed by atoms with Gasteiger partial charge in [-0.2, -0.15) is 0 Å². The number of imide groups is 1. The molecule has 0 bridgehead atoms. The zero-order chi connectivity index (χ0) is 20.8. The van der Waals surface area contributed by atoms with E-state index in [1.54, 1.807) is 37.4 Å². The first-order chi connectivity index (χ1) is 13.9. The maximum absolute atomic E-state index is 12.1. The van der Waals surface area contributed by atoms with Gasteiger partial charge >= 0.3 is 6.03 Å². The Morgan fingerprint density at radius 3 is 2.52 bits per heavy atom. The van der Waals surface area contributed by atoms with Crippen LogP contribution in [0.2, 0.25) is 0 Å². The van der Waals surface area contributed by atoms with Gasteiger partial charge in [0, 0.05) is 16.2 Å². The van der Waals surface area contributed by atoms with Crippen molar-refractivity contribution in [2.45, 2.75) is 0 Å². The molecule has 0 aliphatic carbocycles. The smallest absolute Gasteiger partial charge is 0.325 e. The summed E-state index contributed by atoms with van der Waals surface area (Å²) in [6.45, 7) is -0.0128. The fraction of sp³-hybridized carbons (Fsp3) is 0.211. The largest absolute Gasteiger partial charge is 0.454 e. The summed E-state index contributed by atoms with van der Waals surface area (Å²) in [5, 5.41) is 7.51. The van der Waals surface area contributed by atoms with Crippen molar-refractivity contribution in [3.63, 3.8) is 0 Å². The normalized spacial score (nSPS) is 11.8. The molecule has 2 aromatic rings. The Kier molecular flexibility index (Phi) is 6.68. The Morgan fingerprint density at radius 2 is 1.72 bits per heavy atom. The second-order valence-electron chi connectivity index (χ2n) is 6.27. The van der Waals surface area contributed by atoms with E-state index in [9.17, 15) is 14.4 Å². The number of para-hydroxylation sites is 1. The number of urea groups is 1. The van der Waals surface area contributed by atoms with Crippen molar-refractivity contribution in [3.05, 3.63) is 46.9 Å². The van der Waals surface area contributed by atoms with E-state index in [0.29, 0.717) is 22.9 Å². The van der Waals surface area contributed by atoms with Gasteiger partial charge in [0.25, 0.3) is 0 Å². The molecule has 0 fully saturated rings. The van der Waals surface area contributed by atoms with Gasteiger partial charge in [0.2, 0.25) is 18.6 Å². The number of amides is 4. The van der Waals surface area contributed by atoms with Crippen LogP contribution in [0.3, 0.4) is 0 Å². The molecule has 1 heterocycles. The summed E-state index contributed by atoms with van der Waals surface area (Å²) in [6.07, 6.45) is 0. The zero-order valence-electron chi connectivity index (χ0n) is 15.5. The molecule has 2 aromatic carbocycles. The lowest BCUT2D eigenvalue weighted by Crippen LogP contribution is -2.42. The van der Waals surface area contributed by atoms with Crippen molar-refractivity contribution < 1.29 is 23.9 Å². The average Bonchev–Trinajstić information content (AvgIpc) is 3.10. The van der Waals surface area contributed by atoms with Crippen LogP contribution in [0.4, 0.5) is 16.2 Å². The van der Waals surface area contributed by atoms with Crippen LogP contribution in [-0.4, -0.2) is 49.7 Å². The molecule has 3 rings (SSSR count). The van der Waals surface area contributed by atoms with Crippen LogP contribution in [0.1, 0.15) is 0 Å². The Labute approximate surface area is 175 Å². The first-order valence-corrected chi connectivity index (χ1v) is 9.43. The van der Waals surface area contributed by atoms with Crippen LogP contribution >= 0.6 is 15.9 Å². The van der Waals surface area contributed by atoms with E-state index in [2.05, 4.69) is 31.9 Å². The molecule has 9 nitrogen and oxygen atoms in total. The van der Waals surface area contributed by atoms with Gasteiger partial charge in [-0.25, -0.2) is 4.79 Å². The molecular formula is C19H19BrN4O5. The van der Waals surface area contributed by atoms with Crippen LogP contribution in [0, 0.1) is 0 Å². The summed E-state index contributed by atoms with van der Waals surface area (Å²) in [5.74, 6) is 0.288. The quantitative estimate of drug-likeness (QED) is 0.607. The van der Waals surface area contributed by atoms with E-state index in [0.717, 1.165) is 4.47 Å². The van der Waals surface area contributed by atoms with Crippen LogP contribution in [0.25, 0.3) is 0 Å². The standard InChI is InChI=1S/C19H19BrN4O5/c1-24(9-17(25)22-14-5-3-2-4-13(14)20)10-18(26)23-19(27)21-12-6-7-15-16(8-12)29-11-28-15/h2-8H,9-11H2,1H3,(H,22,25)(H2,21,23,26,27). The SMILES string of the molecule is CN(CC(=O)NC(=O)Nc1ccc2c(c1)OCO2)CC(=O)Nc1ccccc1Br. The number of anilines is 2. The number of benzene rings is 2. The van der Waals surface area contributed by atoms with E-state index in [-0.39, 0.29) is 25.8 Å². The number of nitrogens with zero attached hydrogens (tertiary/aromatic N) is 1. The first-order valence-electron chi connectivity index (χ1n) is 8.64. The summed E-state index contributed by atoms with van der Waals surface area (Å²) in [5.41, 5.74) is 1.10. The predicted octanol–water partition coefficient (Wildman–Crippen LogP) is 2.40. The van der Waals surface area contributed by atoms with E-state index in [1.807, 2.05) is 12.1 Å². The summed E-state index contributed by atoms with van der Waals surface area (Å²) < 4.78 is 11.2. The zero-order valence-corrected chi connectivity index (χ0v) is 17.1. The number of halogens is 1. The van der Waals surface area contributed by atoms with Gasteiger partial charge in [0.05, 0.1) is 18.8 Å². The number of rotatable bonds is 6. The number of fused-ring (bicyclic) bond motifs is 1. The highest BCUT2D eigenvalue weighted by Gasteiger charge is 2.16. The third-order valence-corrected chi connectivity index (χ3v) is 4.55. The molecule has 1 aliphatic heterocycles. The molecule has 0 atom stereocenters. The summed E-state index contributed by atoms with van der Waals surface area (Å²) >= 11 is 3.35. The minimum Gasteiger partial charge on any atom is -0.454 e. The van der Waals surface area contributed by atoms with Crippen LogP contribution in [-0.2, 0) is 9.59 Å². The number of carbonyl (C=O) groups excluding carboxylic acids is 3. The lowest BCUT2D eigenvalue weighted by atomic mass is 10.3. The monoisotopic (exact) mass is 462 g/mol. The lowest BCUT2D eigenvalue weighted by molar-refractivity contribution is -0.121. The van der Waals surface area contributed by atoms with Gasteiger partial charge in [-0.3, -0.25) is 19.8 Å². The van der Waals surface area contributed by atoms with Crippen molar-refractivity contribution in [1.29, 1.82) is 0 Å². The van der Waals surface area contributed by atoms with Gasteiger partial charge in [-0.15, -0.1) is 0 Å². The summed E-state index contributed by atoms with van der Waals surface area (Å²) in [7, 11) is 1.61. The van der Waals surface area contributed by atoms with Crippen LogP contribution < -0.4 is 25.4 Å². The second kappa shape index (κ2) is 9.39.